The van der Waals surface area contributed by atoms with E-state index in [-0.39, 0.29) is 39.2 Å². The number of carbonyl (C=O) groups is 1. The van der Waals surface area contributed by atoms with Crippen LogP contribution in [0.3, 0.4) is 0 Å². The van der Waals surface area contributed by atoms with E-state index in [1.165, 1.54) is 22.7 Å². The van der Waals surface area contributed by atoms with Crippen molar-refractivity contribution in [1.82, 2.24) is 14.6 Å². The fourth-order valence-corrected chi connectivity index (χ4v) is 4.13. The number of aryl methyl sites for hydroxylation is 1. The Morgan fingerprint density at radius 3 is 2.62 bits per heavy atom. The van der Waals surface area contributed by atoms with Crippen LogP contribution in [-0.4, -0.2) is 25.7 Å². The molecule has 1 unspecified atom stereocenters. The Morgan fingerprint density at radius 1 is 1.14 bits per heavy atom. The highest BCUT2D eigenvalue weighted by atomic mass is 19.4. The Morgan fingerprint density at radius 2 is 1.89 bits per heavy atom. The van der Waals surface area contributed by atoms with Gasteiger partial charge in [-0.3, -0.25) is 4.79 Å². The molecule has 0 amide bonds. The van der Waals surface area contributed by atoms with Gasteiger partial charge in [0.2, 0.25) is 0 Å². The van der Waals surface area contributed by atoms with Crippen molar-refractivity contribution in [3.8, 4) is 11.5 Å². The minimum absolute atomic E-state index is 0.0310. The van der Waals surface area contributed by atoms with Crippen LogP contribution in [0, 0.1) is 6.92 Å². The van der Waals surface area contributed by atoms with Crippen molar-refractivity contribution in [1.29, 1.82) is 0 Å². The molecule has 37 heavy (non-hydrogen) atoms. The van der Waals surface area contributed by atoms with Crippen LogP contribution < -0.4 is 10.7 Å². The second kappa shape index (κ2) is 8.77. The summed E-state index contributed by atoms with van der Waals surface area (Å²) >= 11 is 0. The molecular weight excluding hydrogens is 489 g/mol. The minimum Gasteiger partial charge on any atom is -0.478 e. The van der Waals surface area contributed by atoms with Crippen LogP contribution in [0.25, 0.3) is 28.1 Å². The van der Waals surface area contributed by atoms with Crippen molar-refractivity contribution in [3.63, 3.8) is 0 Å². The zero-order valence-corrected chi connectivity index (χ0v) is 19.5. The topological polar surface area (TPSA) is 110 Å². The van der Waals surface area contributed by atoms with Gasteiger partial charge < -0.3 is 14.8 Å². The van der Waals surface area contributed by atoms with Crippen LogP contribution in [-0.2, 0) is 6.18 Å². The van der Waals surface area contributed by atoms with E-state index in [2.05, 4.69) is 15.4 Å². The monoisotopic (exact) mass is 508 g/mol. The van der Waals surface area contributed by atoms with Gasteiger partial charge in [-0.15, -0.1) is 0 Å². The molecule has 0 saturated carbocycles. The van der Waals surface area contributed by atoms with Crippen molar-refractivity contribution in [2.75, 3.05) is 5.32 Å². The summed E-state index contributed by atoms with van der Waals surface area (Å²) in [6.07, 6.45) is -3.04. The van der Waals surface area contributed by atoms with Gasteiger partial charge in [0.25, 0.3) is 0 Å². The maximum Gasteiger partial charge on any atom is 0.416 e. The number of alkyl halides is 3. The van der Waals surface area contributed by atoms with Gasteiger partial charge in [0.1, 0.15) is 11.3 Å². The number of carboxylic acids is 1. The van der Waals surface area contributed by atoms with Crippen molar-refractivity contribution in [2.24, 2.45) is 0 Å². The highest BCUT2D eigenvalue weighted by molar-refractivity contribution is 5.94. The molecular formula is C26H19F3N4O4. The molecule has 2 aromatic carbocycles. The lowest BCUT2D eigenvalue weighted by molar-refractivity contribution is -0.137. The first kappa shape index (κ1) is 24.0. The number of rotatable bonds is 5. The molecule has 11 heteroatoms. The normalized spacial score (nSPS) is 12.7. The Bertz CT molecular complexity index is 1740. The quantitative estimate of drug-likeness (QED) is 0.313. The lowest BCUT2D eigenvalue weighted by Gasteiger charge is -2.20. The van der Waals surface area contributed by atoms with Crippen LogP contribution in [0.1, 0.15) is 40.1 Å². The van der Waals surface area contributed by atoms with Crippen LogP contribution in [0.4, 0.5) is 18.9 Å². The number of hydrogen-bond acceptors (Lipinski definition) is 6. The van der Waals surface area contributed by atoms with Gasteiger partial charge >= 0.3 is 12.1 Å². The summed E-state index contributed by atoms with van der Waals surface area (Å²) < 4.78 is 48.7. The maximum atomic E-state index is 13.7. The number of carboxylic acid groups (broad SMARTS) is 1. The number of benzene rings is 2. The van der Waals surface area contributed by atoms with Gasteiger partial charge in [-0.05, 0) is 50.2 Å². The minimum atomic E-state index is -4.72. The molecule has 0 aliphatic carbocycles. The lowest BCUT2D eigenvalue weighted by Crippen LogP contribution is -2.15. The number of imidazole rings is 1. The Kier molecular flexibility index (Phi) is 5.70. The first-order valence-corrected chi connectivity index (χ1v) is 11.1. The Balaban J connectivity index is 1.69. The number of halogens is 3. The summed E-state index contributed by atoms with van der Waals surface area (Å²) in [6, 6.07) is 11.2. The predicted molar refractivity (Wildman–Crippen MR) is 130 cm³/mol. The highest BCUT2D eigenvalue weighted by Crippen LogP contribution is 2.36. The van der Waals surface area contributed by atoms with Gasteiger partial charge in [0.15, 0.2) is 16.8 Å². The molecule has 0 fully saturated rings. The van der Waals surface area contributed by atoms with Crippen LogP contribution in [0.2, 0.25) is 0 Å². The van der Waals surface area contributed by atoms with E-state index in [1.807, 2.05) is 0 Å². The molecule has 0 radical (unpaired) electrons. The Hall–Kier alpha value is -4.67. The average molecular weight is 508 g/mol. The van der Waals surface area contributed by atoms with Crippen LogP contribution in [0.15, 0.2) is 70.0 Å². The van der Waals surface area contributed by atoms with Gasteiger partial charge in [-0.25, -0.2) is 14.3 Å². The molecule has 0 spiro atoms. The first-order chi connectivity index (χ1) is 17.5. The fourth-order valence-electron chi connectivity index (χ4n) is 4.13. The third kappa shape index (κ3) is 4.51. The summed E-state index contributed by atoms with van der Waals surface area (Å²) in [4.78, 5) is 28.9. The first-order valence-electron chi connectivity index (χ1n) is 11.1. The molecule has 0 aliphatic heterocycles. The van der Waals surface area contributed by atoms with Crippen molar-refractivity contribution in [3.05, 3.63) is 93.4 Å². The average Bonchev–Trinajstić information content (AvgIpc) is 3.22. The molecule has 0 bridgehead atoms. The fraction of sp³-hybridized carbons (Fsp3) is 0.154. The number of nitrogens with zero attached hydrogens (tertiary/aromatic N) is 3. The van der Waals surface area contributed by atoms with E-state index >= 15 is 0 Å². The molecule has 3 aromatic heterocycles. The number of nitrogens with one attached hydrogen (secondary N) is 1. The highest BCUT2D eigenvalue weighted by Gasteiger charge is 2.33. The van der Waals surface area contributed by atoms with E-state index in [1.54, 1.807) is 38.2 Å². The third-order valence-electron chi connectivity index (χ3n) is 5.87. The molecule has 0 aliphatic rings. The lowest BCUT2D eigenvalue weighted by atomic mass is 9.99. The standard InChI is InChI=1S/C26H19F3N4O4/c1-13-12-33-23(30-13)8-7-20(32-33)22-11-21(34)18-10-15(26(27,28)29)9-17(24(18)37-22)14(2)31-19-6-4-3-5-16(19)25(35)36/h3-12,14,31H,1-2H3,(H,35,36). The molecule has 5 aromatic rings. The number of para-hydroxylation sites is 1. The molecule has 3 heterocycles. The number of hydrogen-bond donors (Lipinski definition) is 2. The predicted octanol–water partition coefficient (Wildman–Crippen LogP) is 5.70. The van der Waals surface area contributed by atoms with E-state index in [0.29, 0.717) is 5.65 Å². The second-order valence-electron chi connectivity index (χ2n) is 8.54. The van der Waals surface area contributed by atoms with E-state index in [0.717, 1.165) is 23.9 Å². The van der Waals surface area contributed by atoms with Gasteiger partial charge in [-0.2, -0.15) is 18.3 Å². The Labute approximate surface area is 207 Å². The van der Waals surface area contributed by atoms with Gasteiger partial charge in [-0.1, -0.05) is 12.1 Å². The van der Waals surface area contributed by atoms with Crippen LogP contribution >= 0.6 is 0 Å². The number of aromatic nitrogens is 3. The smallest absolute Gasteiger partial charge is 0.416 e. The molecule has 1 atom stereocenters. The van der Waals surface area contributed by atoms with Crippen molar-refractivity contribution >= 4 is 28.3 Å². The van der Waals surface area contributed by atoms with E-state index in [9.17, 15) is 27.9 Å². The van der Waals surface area contributed by atoms with Gasteiger partial charge in [0.05, 0.1) is 34.4 Å². The molecule has 2 N–H and O–H groups in total. The number of fused-ring (bicyclic) bond motifs is 2. The van der Waals surface area contributed by atoms with E-state index in [4.69, 9.17) is 4.42 Å². The summed E-state index contributed by atoms with van der Waals surface area (Å²) in [5, 5.41) is 16.6. The third-order valence-corrected chi connectivity index (χ3v) is 5.87. The maximum absolute atomic E-state index is 13.7. The zero-order chi connectivity index (χ0) is 26.5. The van der Waals surface area contributed by atoms with Crippen LogP contribution in [0.5, 0.6) is 0 Å². The number of anilines is 1. The number of aromatic carboxylic acids is 1. The molecule has 0 saturated heterocycles. The zero-order valence-electron chi connectivity index (χ0n) is 19.5. The SMILES string of the molecule is Cc1cn2nc(-c3cc(=O)c4cc(C(F)(F)F)cc(C(C)Nc5ccccc5C(=O)O)c4o3)ccc2n1. The van der Waals surface area contributed by atoms with Crippen molar-refractivity contribution in [2.45, 2.75) is 26.1 Å². The molecule has 8 nitrogen and oxygen atoms in total. The largest absolute Gasteiger partial charge is 0.478 e. The summed E-state index contributed by atoms with van der Waals surface area (Å²) in [7, 11) is 0. The molecule has 188 valence electrons. The van der Waals surface area contributed by atoms with E-state index < -0.39 is 29.2 Å². The molecule has 5 rings (SSSR count). The van der Waals surface area contributed by atoms with Gasteiger partial charge in [0, 0.05) is 17.3 Å². The second-order valence-corrected chi connectivity index (χ2v) is 8.54. The summed E-state index contributed by atoms with van der Waals surface area (Å²) in [5.41, 5.74) is 0.00853. The van der Waals surface area contributed by atoms with Crippen molar-refractivity contribution < 1.29 is 27.5 Å². The summed E-state index contributed by atoms with van der Waals surface area (Å²) in [6.45, 7) is 3.35. The summed E-state index contributed by atoms with van der Waals surface area (Å²) in [5.74, 6) is -1.14.